The lowest BCUT2D eigenvalue weighted by Crippen LogP contribution is -2.00. The first kappa shape index (κ1) is 11.5. The summed E-state index contributed by atoms with van der Waals surface area (Å²) in [7, 11) is 0. The Morgan fingerprint density at radius 2 is 2.14 bits per heavy atom. The van der Waals surface area contributed by atoms with Crippen LogP contribution in [0, 0.1) is 10.5 Å². The van der Waals surface area contributed by atoms with E-state index in [2.05, 4.69) is 22.6 Å². The van der Waals surface area contributed by atoms with Crippen LogP contribution in [0.15, 0.2) is 12.1 Å². The van der Waals surface area contributed by atoms with E-state index in [9.17, 15) is 4.79 Å². The standard InChI is InChI=1S/C11H13IO2/c1-4-14-10-6-9(8(3)13)5-7(2)11(10)12/h5-6H,4H2,1-3H3. The SMILES string of the molecule is CCOc1cc(C(C)=O)cc(C)c1I. The number of ketones is 1. The Hall–Kier alpha value is -0.580. The molecule has 0 saturated heterocycles. The molecule has 0 amide bonds. The van der Waals surface area contributed by atoms with Crippen LogP contribution >= 0.6 is 22.6 Å². The summed E-state index contributed by atoms with van der Waals surface area (Å²) >= 11 is 2.23. The summed E-state index contributed by atoms with van der Waals surface area (Å²) in [6, 6.07) is 3.70. The molecule has 3 heteroatoms. The molecule has 0 aliphatic heterocycles. The first-order valence-corrected chi connectivity index (χ1v) is 5.58. The van der Waals surface area contributed by atoms with Crippen molar-refractivity contribution in [2.75, 3.05) is 6.61 Å². The minimum Gasteiger partial charge on any atom is -0.493 e. The van der Waals surface area contributed by atoms with Crippen molar-refractivity contribution in [2.45, 2.75) is 20.8 Å². The van der Waals surface area contributed by atoms with E-state index in [1.807, 2.05) is 19.9 Å². The van der Waals surface area contributed by atoms with Gasteiger partial charge in [0, 0.05) is 5.56 Å². The van der Waals surface area contributed by atoms with Crippen LogP contribution in [0.5, 0.6) is 5.75 Å². The normalized spacial score (nSPS) is 10.0. The Kier molecular flexibility index (Phi) is 3.92. The van der Waals surface area contributed by atoms with Gasteiger partial charge in [0.25, 0.3) is 0 Å². The van der Waals surface area contributed by atoms with Crippen LogP contribution in [0.25, 0.3) is 0 Å². The van der Waals surface area contributed by atoms with Gasteiger partial charge in [-0.15, -0.1) is 0 Å². The molecular weight excluding hydrogens is 291 g/mol. The summed E-state index contributed by atoms with van der Waals surface area (Å²) in [5.74, 6) is 0.878. The van der Waals surface area contributed by atoms with E-state index in [0.29, 0.717) is 12.2 Å². The van der Waals surface area contributed by atoms with Crippen LogP contribution in [0.2, 0.25) is 0 Å². The number of aryl methyl sites for hydroxylation is 1. The molecule has 0 radical (unpaired) electrons. The summed E-state index contributed by atoms with van der Waals surface area (Å²) in [4.78, 5) is 11.2. The molecule has 0 spiro atoms. The largest absolute Gasteiger partial charge is 0.493 e. The van der Waals surface area contributed by atoms with Gasteiger partial charge in [-0.25, -0.2) is 0 Å². The van der Waals surface area contributed by atoms with Gasteiger partial charge in [0.2, 0.25) is 0 Å². The maximum absolute atomic E-state index is 11.2. The number of carbonyl (C=O) groups excluding carboxylic acids is 1. The number of hydrogen-bond donors (Lipinski definition) is 0. The smallest absolute Gasteiger partial charge is 0.159 e. The lowest BCUT2D eigenvalue weighted by molar-refractivity contribution is 0.101. The maximum Gasteiger partial charge on any atom is 0.159 e. The van der Waals surface area contributed by atoms with Gasteiger partial charge in [-0.3, -0.25) is 4.79 Å². The molecule has 0 unspecified atom stereocenters. The van der Waals surface area contributed by atoms with Crippen LogP contribution in [-0.4, -0.2) is 12.4 Å². The Bertz CT molecular complexity index is 359. The van der Waals surface area contributed by atoms with Crippen molar-refractivity contribution in [1.82, 2.24) is 0 Å². The Morgan fingerprint density at radius 1 is 1.50 bits per heavy atom. The maximum atomic E-state index is 11.2. The van der Waals surface area contributed by atoms with Crippen molar-refractivity contribution in [2.24, 2.45) is 0 Å². The summed E-state index contributed by atoms with van der Waals surface area (Å²) in [6.07, 6.45) is 0. The average molecular weight is 304 g/mol. The highest BCUT2D eigenvalue weighted by atomic mass is 127. The molecule has 2 nitrogen and oxygen atoms in total. The summed E-state index contributed by atoms with van der Waals surface area (Å²) in [5.41, 5.74) is 1.80. The second kappa shape index (κ2) is 4.77. The Balaban J connectivity index is 3.20. The minimum atomic E-state index is 0.0745. The molecule has 0 heterocycles. The van der Waals surface area contributed by atoms with Crippen molar-refractivity contribution in [3.63, 3.8) is 0 Å². The van der Waals surface area contributed by atoms with Crippen LogP contribution in [0.1, 0.15) is 29.8 Å². The topological polar surface area (TPSA) is 26.3 Å². The zero-order valence-electron chi connectivity index (χ0n) is 8.56. The van der Waals surface area contributed by atoms with E-state index in [0.717, 1.165) is 14.9 Å². The van der Waals surface area contributed by atoms with Gasteiger partial charge in [-0.05, 0) is 61.1 Å². The monoisotopic (exact) mass is 304 g/mol. The summed E-state index contributed by atoms with van der Waals surface area (Å²) < 4.78 is 6.53. The molecule has 0 N–H and O–H groups in total. The van der Waals surface area contributed by atoms with Crippen LogP contribution in [0.4, 0.5) is 0 Å². The van der Waals surface area contributed by atoms with Crippen molar-refractivity contribution >= 4 is 28.4 Å². The van der Waals surface area contributed by atoms with Gasteiger partial charge in [-0.1, -0.05) is 0 Å². The molecule has 0 aliphatic carbocycles. The van der Waals surface area contributed by atoms with Gasteiger partial charge < -0.3 is 4.74 Å². The predicted octanol–water partition coefficient (Wildman–Crippen LogP) is 3.20. The Labute approximate surface area is 97.8 Å². The van der Waals surface area contributed by atoms with Crippen molar-refractivity contribution in [3.05, 3.63) is 26.8 Å². The molecule has 0 aromatic heterocycles. The highest BCUT2D eigenvalue weighted by Crippen LogP contribution is 2.26. The molecule has 0 bridgehead atoms. The number of hydrogen-bond acceptors (Lipinski definition) is 2. The molecule has 1 aromatic carbocycles. The minimum absolute atomic E-state index is 0.0745. The van der Waals surface area contributed by atoms with Crippen LogP contribution in [-0.2, 0) is 0 Å². The first-order valence-electron chi connectivity index (χ1n) is 4.50. The average Bonchev–Trinajstić information content (AvgIpc) is 2.12. The van der Waals surface area contributed by atoms with Crippen molar-refractivity contribution in [3.8, 4) is 5.75 Å². The fraction of sp³-hybridized carbons (Fsp3) is 0.364. The lowest BCUT2D eigenvalue weighted by Gasteiger charge is -2.09. The first-order chi connectivity index (χ1) is 6.56. The van der Waals surface area contributed by atoms with Gasteiger partial charge in [-0.2, -0.15) is 0 Å². The number of halogens is 1. The third-order valence-corrected chi connectivity index (χ3v) is 3.31. The number of Topliss-reactive ketones (excluding diaryl/α,β-unsaturated/α-hetero) is 1. The predicted molar refractivity (Wildman–Crippen MR) is 65.1 cm³/mol. The number of benzene rings is 1. The highest BCUT2D eigenvalue weighted by molar-refractivity contribution is 14.1. The fourth-order valence-electron chi connectivity index (χ4n) is 1.20. The van der Waals surface area contributed by atoms with Gasteiger partial charge in [0.15, 0.2) is 5.78 Å². The third-order valence-electron chi connectivity index (χ3n) is 1.93. The van der Waals surface area contributed by atoms with Crippen LogP contribution < -0.4 is 4.74 Å². The third kappa shape index (κ3) is 2.47. The molecular formula is C11H13IO2. The highest BCUT2D eigenvalue weighted by Gasteiger charge is 2.08. The number of ether oxygens (including phenoxy) is 1. The molecule has 0 fully saturated rings. The van der Waals surface area contributed by atoms with E-state index in [1.165, 1.54) is 0 Å². The van der Waals surface area contributed by atoms with E-state index in [1.54, 1.807) is 13.0 Å². The molecule has 76 valence electrons. The van der Waals surface area contributed by atoms with Crippen LogP contribution in [0.3, 0.4) is 0 Å². The van der Waals surface area contributed by atoms with Gasteiger partial charge >= 0.3 is 0 Å². The van der Waals surface area contributed by atoms with E-state index >= 15 is 0 Å². The summed E-state index contributed by atoms with van der Waals surface area (Å²) in [5, 5.41) is 0. The lowest BCUT2D eigenvalue weighted by atomic mass is 10.1. The van der Waals surface area contributed by atoms with Crippen molar-refractivity contribution < 1.29 is 9.53 Å². The molecule has 14 heavy (non-hydrogen) atoms. The number of rotatable bonds is 3. The number of carbonyl (C=O) groups is 1. The molecule has 1 aromatic rings. The van der Waals surface area contributed by atoms with Gasteiger partial charge in [0.05, 0.1) is 10.2 Å². The summed E-state index contributed by atoms with van der Waals surface area (Å²) in [6.45, 7) is 6.11. The quantitative estimate of drug-likeness (QED) is 0.633. The van der Waals surface area contributed by atoms with E-state index < -0.39 is 0 Å². The van der Waals surface area contributed by atoms with E-state index in [4.69, 9.17) is 4.74 Å². The molecule has 1 rings (SSSR count). The zero-order valence-corrected chi connectivity index (χ0v) is 10.7. The molecule has 0 atom stereocenters. The fourth-order valence-corrected chi connectivity index (χ4v) is 1.67. The zero-order chi connectivity index (χ0) is 10.7. The van der Waals surface area contributed by atoms with E-state index in [-0.39, 0.29) is 5.78 Å². The second-order valence-corrected chi connectivity index (χ2v) is 4.17. The molecule has 0 saturated carbocycles. The van der Waals surface area contributed by atoms with Gasteiger partial charge in [0.1, 0.15) is 5.75 Å². The molecule has 0 aliphatic rings. The Morgan fingerprint density at radius 3 is 2.64 bits per heavy atom. The van der Waals surface area contributed by atoms with Crippen molar-refractivity contribution in [1.29, 1.82) is 0 Å². The second-order valence-electron chi connectivity index (χ2n) is 3.09.